The normalized spacial score (nSPS) is 15.9. The van der Waals surface area contributed by atoms with Crippen LogP contribution in [-0.4, -0.2) is 441 Å². The fourth-order valence-electron chi connectivity index (χ4n) is 14.6. The smallest absolute Gasteiger partial charge is 0.870 e. The summed E-state index contributed by atoms with van der Waals surface area (Å²) in [6.07, 6.45) is 14.8. The maximum absolute atomic E-state index is 12.8. The first-order valence-corrected chi connectivity index (χ1v) is 49.0. The van der Waals surface area contributed by atoms with E-state index >= 15 is 0 Å². The van der Waals surface area contributed by atoms with E-state index in [0.717, 1.165) is 225 Å². The molecule has 0 unspecified atom stereocenters. The number of carbonyl (C=O) groups is 8. The van der Waals surface area contributed by atoms with Gasteiger partial charge in [0.05, 0.1) is 82.6 Å². The van der Waals surface area contributed by atoms with Crippen molar-refractivity contribution in [3.63, 3.8) is 0 Å². The van der Waals surface area contributed by atoms with Gasteiger partial charge in [0, 0.05) is 294 Å². The first-order chi connectivity index (χ1) is 67.5. The number of anilines is 5. The summed E-state index contributed by atoms with van der Waals surface area (Å²) in [4.78, 5) is 175. The van der Waals surface area contributed by atoms with Crippen LogP contribution in [0.15, 0.2) is 74.4 Å². The number of carboxylic acids is 1. The average Bonchev–Trinajstić information content (AvgIpc) is 0.856. The van der Waals surface area contributed by atoms with Crippen LogP contribution >= 0.6 is 11.6 Å². The fourth-order valence-corrected chi connectivity index (χ4v) is 14.7. The number of amides is 5. The first kappa shape index (κ1) is 123. The van der Waals surface area contributed by atoms with Crippen LogP contribution in [0.5, 0.6) is 0 Å². The summed E-state index contributed by atoms with van der Waals surface area (Å²) in [5.41, 5.74) is -0.800. The molecule has 12 rings (SSSR count). The zero-order valence-corrected chi connectivity index (χ0v) is 88.5. The summed E-state index contributed by atoms with van der Waals surface area (Å²) in [5.74, 6) is 1.36. The van der Waals surface area contributed by atoms with Gasteiger partial charge in [0.2, 0.25) is 35.0 Å². The van der Waals surface area contributed by atoms with Crippen molar-refractivity contribution in [1.82, 2.24) is 110 Å². The Kier molecular flexibility index (Phi) is 51.6. The van der Waals surface area contributed by atoms with Crippen LogP contribution in [0, 0.1) is 0 Å². The second-order valence-corrected chi connectivity index (χ2v) is 39.6. The summed E-state index contributed by atoms with van der Waals surface area (Å²) in [6, 6.07) is 0. The molecule has 0 aromatic carbocycles. The van der Waals surface area contributed by atoms with Crippen molar-refractivity contribution in [2.45, 2.75) is 165 Å². The molecule has 0 spiro atoms. The molecule has 6 aromatic rings. The molecule has 0 aliphatic carbocycles. The Bertz CT molecular complexity index is 4760. The number of aromatic nitrogens is 12. The molecule has 145 heavy (non-hydrogen) atoms. The molecule has 50 heteroatoms. The monoisotopic (exact) mass is 2050 g/mol. The number of nitrogens with zero attached hydrogens (tertiary/aromatic N) is 25. The van der Waals surface area contributed by atoms with Gasteiger partial charge < -0.3 is 98.6 Å². The maximum Gasteiger partial charge on any atom is 1.00 e. The number of hydrogen-bond donors (Lipinski definition) is 3. The van der Waals surface area contributed by atoms with Gasteiger partial charge in [0.1, 0.15) is 28.0 Å². The maximum atomic E-state index is 12.8. The number of alkyl carbamates (subject to hydrolysis) is 1. The largest absolute Gasteiger partial charge is 1.00 e. The topological polar surface area (TPSA) is 531 Å². The number of piperazine rings is 6. The minimum atomic E-state index is -1.02. The minimum absolute atomic E-state index is 0. The molecule has 0 saturated carbocycles. The van der Waals surface area contributed by atoms with Crippen LogP contribution in [0.1, 0.15) is 165 Å². The van der Waals surface area contributed by atoms with E-state index in [1.807, 2.05) is 20.8 Å². The van der Waals surface area contributed by atoms with Crippen molar-refractivity contribution in [3.8, 4) is 0 Å². The Morgan fingerprint density at radius 1 is 0.345 bits per heavy atom. The van der Waals surface area contributed by atoms with E-state index in [2.05, 4.69) is 124 Å². The van der Waals surface area contributed by atoms with Crippen LogP contribution in [0.4, 0.5) is 53.7 Å². The van der Waals surface area contributed by atoms with Crippen molar-refractivity contribution in [2.24, 2.45) is 0 Å². The number of ether oxygens (including phenoxy) is 10. The van der Waals surface area contributed by atoms with Gasteiger partial charge in [-0.3, -0.25) is 29.4 Å². The molecular weight excluding hydrogens is 1900 g/mol. The molecule has 12 heterocycles. The predicted molar refractivity (Wildman–Crippen MR) is 536 cm³/mol. The first-order valence-electron chi connectivity index (χ1n) is 48.6. The minimum Gasteiger partial charge on any atom is -0.870 e. The number of esters is 2. The van der Waals surface area contributed by atoms with Crippen LogP contribution in [0.3, 0.4) is 0 Å². The van der Waals surface area contributed by atoms with Crippen molar-refractivity contribution in [1.29, 1.82) is 0 Å². The molecule has 0 radical (unpaired) electrons. The van der Waals surface area contributed by atoms with Gasteiger partial charge in [0.25, 0.3) is 0 Å². The zero-order valence-electron chi connectivity index (χ0n) is 87.7. The number of hydrogen-bond acceptors (Lipinski definition) is 43. The van der Waals surface area contributed by atoms with Crippen molar-refractivity contribution in [3.05, 3.63) is 113 Å². The Balaban J connectivity index is 0.000000306. The Labute approximate surface area is 867 Å². The quantitative estimate of drug-likeness (QED) is 0.0171. The molecular formula is C95H151ClLiN27O21. The van der Waals surface area contributed by atoms with E-state index in [1.165, 1.54) is 37.2 Å². The van der Waals surface area contributed by atoms with Crippen LogP contribution in [0.25, 0.3) is 0 Å². The SMILES string of the molecule is CC(C)(C)OC(=O)N(Cc1cnc(Cl)nc1)C(=O)OC(C)(C)C.CC(C)(C)OC(=O)NCc1cnc(N2CCN(CCOCCN3CCN(c4ncc(C(=O)O)cn4)CC3)CC2)nc1.CCOC(=O)c1cnc(N2CCN(CCOCCN3CCN(c4ncc(CN(C(=O)OC(C)(C)C)C(=O)OC(C)(C)C)cn4)CC3)CC2)nc1.CCOC(=O)c1cnc(N2CCN(CCOCCN3CCNCC3)CC2)nc1.O.[Li+].[OH-]. The third-order valence-corrected chi connectivity index (χ3v) is 22.2. The predicted octanol–water partition coefficient (Wildman–Crippen LogP) is 3.53. The molecule has 0 bridgehead atoms. The van der Waals surface area contributed by atoms with Crippen LogP contribution in [0.2, 0.25) is 5.28 Å². The molecule has 6 fully saturated rings. The molecule has 6 aliphatic heterocycles. The number of carboxylic acid groups (broad SMARTS) is 1. The third kappa shape index (κ3) is 45.9. The number of aromatic carboxylic acids is 1. The molecule has 6 aliphatic rings. The van der Waals surface area contributed by atoms with Gasteiger partial charge in [-0.1, -0.05) is 0 Å². The molecule has 5 amide bonds. The van der Waals surface area contributed by atoms with E-state index in [-0.39, 0.29) is 59.7 Å². The van der Waals surface area contributed by atoms with Gasteiger partial charge >= 0.3 is 67.2 Å². The standard InChI is InChI=1S/C34H53N9O7.C27H41N9O5.C19H32N6O3.C15H22ClN3O4.Li.2H2O/c1-8-48-28(44)27-23-37-30(38-24-27)42-15-11-40(12-16-42)18-20-47-19-17-39-9-13-41(14-10-39)29-35-21-26(22-36-29)25-43(31(45)49-33(2,3)4)32(46)50-34(5,6)7;1-27(2,3)41-26(39)32-18-21-16-28-24(29-17-21)35-8-4-33(5-9-35)12-14-40-15-13-34-6-10-36(11-7-34)25-30-19-22(20-31-25)23(37)38;1-2-28-18(26)17-15-21-19(22-16-17)25-9-7-24(8-10-25)12-14-27-13-11-23-5-3-20-4-6-23;1-14(2,3)22-12(20)19(13(21)23-15(4,5)6)9-10-7-17-11(16)18-8-10;;;/h21-24H,8-20,25H2,1-7H3;16-17,19-20H,4-15,18H2,1-3H3,(H,32,39)(H,37,38);15-16,20H,2-14H2,1H3;7-8H,9H2,1-6H3;;2*1H2/q;;;;+1;;/p-1. The molecule has 6 N–H and O–H groups in total. The molecule has 48 nitrogen and oxygen atoms in total. The summed E-state index contributed by atoms with van der Waals surface area (Å²) in [5, 5.41) is 15.2. The van der Waals surface area contributed by atoms with Crippen LogP contribution < -0.4 is 54.0 Å². The van der Waals surface area contributed by atoms with E-state index in [1.54, 1.807) is 134 Å². The number of rotatable bonds is 34. The number of nitrogens with one attached hydrogen (secondary N) is 2. The van der Waals surface area contributed by atoms with Gasteiger partial charge in [0.15, 0.2) is 0 Å². The zero-order chi connectivity index (χ0) is 103. The van der Waals surface area contributed by atoms with E-state index in [9.17, 15) is 38.4 Å². The third-order valence-electron chi connectivity index (χ3n) is 22.0. The van der Waals surface area contributed by atoms with Crippen LogP contribution in [-0.2, 0) is 67.0 Å². The summed E-state index contributed by atoms with van der Waals surface area (Å²) in [7, 11) is 0. The van der Waals surface area contributed by atoms with Gasteiger partial charge in [-0.25, -0.2) is 108 Å². The molecule has 0 atom stereocenters. The molecule has 6 aromatic heterocycles. The second-order valence-electron chi connectivity index (χ2n) is 39.2. The Hall–Kier alpha value is -11.0. The van der Waals surface area contributed by atoms with E-state index in [0.29, 0.717) is 98.2 Å². The average molecular weight is 2050 g/mol. The van der Waals surface area contributed by atoms with E-state index < -0.39 is 70.4 Å². The number of imide groups is 2. The fraction of sp³-hybridized carbons (Fsp3) is 0.663. The van der Waals surface area contributed by atoms with Crippen molar-refractivity contribution in [2.75, 3.05) is 274 Å². The Morgan fingerprint density at radius 3 is 0.814 bits per heavy atom. The number of carbonyl (C=O) groups excluding carboxylic acids is 7. The van der Waals surface area contributed by atoms with Gasteiger partial charge in [-0.2, -0.15) is 0 Å². The summed E-state index contributed by atoms with van der Waals surface area (Å²) < 4.78 is 54.3. The van der Waals surface area contributed by atoms with Gasteiger partial charge in [-0.15, -0.1) is 0 Å². The van der Waals surface area contributed by atoms with Crippen molar-refractivity contribution < 1.29 is 121 Å². The second kappa shape index (κ2) is 61.0. The summed E-state index contributed by atoms with van der Waals surface area (Å²) in [6.45, 7) is 62.0. The molecule has 6 saturated heterocycles. The number of halogens is 1. The van der Waals surface area contributed by atoms with Crippen molar-refractivity contribution >= 4 is 89.7 Å². The Morgan fingerprint density at radius 2 is 0.572 bits per heavy atom. The van der Waals surface area contributed by atoms with E-state index in [4.69, 9.17) is 64.1 Å². The van der Waals surface area contributed by atoms with Gasteiger partial charge in [-0.05, 0) is 129 Å². The summed E-state index contributed by atoms with van der Waals surface area (Å²) >= 11 is 5.63. The molecule has 800 valence electrons.